The van der Waals surface area contributed by atoms with Crippen LogP contribution in [0.2, 0.25) is 0 Å². The number of morpholine rings is 1. The zero-order valence-corrected chi connectivity index (χ0v) is 20.9. The van der Waals surface area contributed by atoms with Crippen molar-refractivity contribution in [2.45, 2.75) is 16.7 Å². The molecule has 0 radical (unpaired) electrons. The van der Waals surface area contributed by atoms with Crippen molar-refractivity contribution in [3.63, 3.8) is 0 Å². The number of aliphatic imine (C=N–C) groups is 1. The number of halogens is 3. The minimum atomic E-state index is -1.59. The third-order valence-corrected chi connectivity index (χ3v) is 8.15. The van der Waals surface area contributed by atoms with E-state index >= 15 is 4.39 Å². The highest BCUT2D eigenvalue weighted by atomic mass is 32.2. The van der Waals surface area contributed by atoms with Crippen molar-refractivity contribution in [1.29, 1.82) is 0 Å². The maximum Gasteiger partial charge on any atom is 0.246 e. The Morgan fingerprint density at radius 2 is 2.08 bits per heavy atom. The number of nitrogens with two attached hydrogens (primary N) is 1. The fourth-order valence-electron chi connectivity index (χ4n) is 4.85. The summed E-state index contributed by atoms with van der Waals surface area (Å²) in [5.41, 5.74) is 4.70. The van der Waals surface area contributed by atoms with Crippen molar-refractivity contribution in [1.82, 2.24) is 9.88 Å². The van der Waals surface area contributed by atoms with Gasteiger partial charge in [0.1, 0.15) is 29.5 Å². The van der Waals surface area contributed by atoms with E-state index < -0.39 is 34.5 Å². The quantitative estimate of drug-likeness (QED) is 0.365. The first-order valence-corrected chi connectivity index (χ1v) is 12.6. The van der Waals surface area contributed by atoms with Crippen LogP contribution in [0, 0.1) is 36.0 Å². The average molecular weight is 538 g/mol. The van der Waals surface area contributed by atoms with Gasteiger partial charge in [-0.3, -0.25) is 9.78 Å². The largest absolute Gasteiger partial charge is 0.378 e. The molecule has 1 amide bonds. The third-order valence-electron chi connectivity index (χ3n) is 6.88. The molecule has 2 aliphatic heterocycles. The Hall–Kier alpha value is -3.80. The summed E-state index contributed by atoms with van der Waals surface area (Å²) in [6.45, 7) is 7.86. The maximum atomic E-state index is 15.2. The average Bonchev–Trinajstić information content (AvgIpc) is 3.66. The molecule has 3 aliphatic rings. The Morgan fingerprint density at radius 1 is 1.29 bits per heavy atom. The van der Waals surface area contributed by atoms with E-state index in [9.17, 15) is 13.6 Å². The summed E-state index contributed by atoms with van der Waals surface area (Å²) < 4.78 is 48.8. The first-order valence-electron chi connectivity index (χ1n) is 11.8. The van der Waals surface area contributed by atoms with Gasteiger partial charge in [-0.1, -0.05) is 23.8 Å². The standard InChI is InChI=1S/C27H22F3N5O2S/c1-32-18-13-21(30)22(33-15-18)5-3-17-2-4-20(29)19(12-17)27(16-28)23-14-26(23,38-25(31)34-27)7-6-24(36)35-8-10-37-11-9-35/h2,4,6-7,12-13,15,23H,8-11,14,16H2,(H2,31,34)/b7-6+/t23-,26+,27-/m1/s1. The number of pyridine rings is 1. The fraction of sp³-hybridized carbons (Fsp3) is 0.333. The number of ether oxygens (including phenoxy) is 1. The number of benzene rings is 1. The number of aromatic nitrogens is 1. The van der Waals surface area contributed by atoms with Crippen LogP contribution in [-0.2, 0) is 15.1 Å². The van der Waals surface area contributed by atoms with Gasteiger partial charge in [0.15, 0.2) is 5.17 Å². The molecule has 194 valence electrons. The second-order valence-electron chi connectivity index (χ2n) is 9.17. The van der Waals surface area contributed by atoms with Gasteiger partial charge >= 0.3 is 0 Å². The van der Waals surface area contributed by atoms with Gasteiger partial charge < -0.3 is 15.4 Å². The normalized spacial score (nSPS) is 26.1. The van der Waals surface area contributed by atoms with Crippen molar-refractivity contribution in [2.75, 3.05) is 33.0 Å². The van der Waals surface area contributed by atoms with Crippen LogP contribution in [0.4, 0.5) is 18.9 Å². The van der Waals surface area contributed by atoms with Crippen molar-refractivity contribution in [3.8, 4) is 11.8 Å². The van der Waals surface area contributed by atoms with Gasteiger partial charge in [-0.25, -0.2) is 23.0 Å². The van der Waals surface area contributed by atoms with E-state index in [1.54, 1.807) is 11.0 Å². The van der Waals surface area contributed by atoms with E-state index in [0.717, 1.165) is 12.1 Å². The zero-order valence-electron chi connectivity index (χ0n) is 20.1. The van der Waals surface area contributed by atoms with Gasteiger partial charge in [-0.15, -0.1) is 0 Å². The number of carbonyl (C=O) groups excluding carboxylic acids is 1. The number of fused-ring (bicyclic) bond motifs is 1. The highest BCUT2D eigenvalue weighted by Crippen LogP contribution is 2.66. The number of hydrogen-bond acceptors (Lipinski definition) is 6. The number of alkyl halides is 1. The number of amides is 1. The minimum absolute atomic E-state index is 0.00776. The van der Waals surface area contributed by atoms with Crippen LogP contribution in [0.25, 0.3) is 4.85 Å². The molecule has 3 heterocycles. The van der Waals surface area contributed by atoms with Crippen LogP contribution < -0.4 is 5.73 Å². The summed E-state index contributed by atoms with van der Waals surface area (Å²) in [6, 6.07) is 4.98. The summed E-state index contributed by atoms with van der Waals surface area (Å²) in [7, 11) is 0. The molecular weight excluding hydrogens is 515 g/mol. The van der Waals surface area contributed by atoms with Crippen LogP contribution in [0.3, 0.4) is 0 Å². The van der Waals surface area contributed by atoms with Crippen molar-refractivity contribution in [2.24, 2.45) is 16.6 Å². The Labute approximate surface area is 221 Å². The Kier molecular flexibility index (Phi) is 6.91. The summed E-state index contributed by atoms with van der Waals surface area (Å²) in [6.07, 6.45) is 4.86. The smallest absolute Gasteiger partial charge is 0.246 e. The monoisotopic (exact) mass is 537 g/mol. The van der Waals surface area contributed by atoms with Gasteiger partial charge in [0.25, 0.3) is 0 Å². The van der Waals surface area contributed by atoms with Gasteiger partial charge in [0, 0.05) is 47.2 Å². The summed E-state index contributed by atoms with van der Waals surface area (Å²) >= 11 is 1.24. The molecule has 0 unspecified atom stereocenters. The van der Waals surface area contributed by atoms with E-state index in [1.807, 2.05) is 0 Å². The molecule has 2 fully saturated rings. The molecule has 3 atom stereocenters. The topological polar surface area (TPSA) is 85.2 Å². The predicted molar refractivity (Wildman–Crippen MR) is 137 cm³/mol. The molecule has 1 saturated carbocycles. The number of rotatable bonds is 4. The number of hydrogen-bond donors (Lipinski definition) is 1. The van der Waals surface area contributed by atoms with Crippen molar-refractivity contribution < 1.29 is 22.7 Å². The molecule has 7 nitrogen and oxygen atoms in total. The van der Waals surface area contributed by atoms with Crippen molar-refractivity contribution >= 4 is 28.5 Å². The van der Waals surface area contributed by atoms with E-state index in [-0.39, 0.29) is 28.0 Å². The maximum absolute atomic E-state index is 15.2. The molecular formula is C27H22F3N5O2S. The number of amidine groups is 1. The Morgan fingerprint density at radius 3 is 2.79 bits per heavy atom. The summed E-state index contributed by atoms with van der Waals surface area (Å²) in [5, 5.41) is 0.0990. The molecule has 0 bridgehead atoms. The molecule has 1 aromatic heterocycles. The SMILES string of the molecule is [C-]#[N+]c1cnc(C#Cc2ccc(F)c([C@@]3(CF)N=C(N)S[C@@]4(/C=C/C(=O)N5CCOCC5)C[C@H]43)c2)c(F)c1. The van der Waals surface area contributed by atoms with Crippen LogP contribution >= 0.6 is 11.8 Å². The number of thioether (sulfide) groups is 1. The van der Waals surface area contributed by atoms with E-state index in [4.69, 9.17) is 17.0 Å². The first kappa shape index (κ1) is 25.8. The second kappa shape index (κ2) is 10.2. The highest BCUT2D eigenvalue weighted by Gasteiger charge is 2.67. The van der Waals surface area contributed by atoms with Gasteiger partial charge in [0.2, 0.25) is 11.6 Å². The Balaban J connectivity index is 1.45. The van der Waals surface area contributed by atoms with Crippen molar-refractivity contribution in [3.05, 3.63) is 82.5 Å². The molecule has 2 aromatic rings. The Bertz CT molecular complexity index is 1460. The molecule has 38 heavy (non-hydrogen) atoms. The van der Waals surface area contributed by atoms with Crippen LogP contribution in [0.5, 0.6) is 0 Å². The van der Waals surface area contributed by atoms with Crippen LogP contribution in [0.15, 0.2) is 47.6 Å². The number of carbonyl (C=O) groups is 1. The second-order valence-corrected chi connectivity index (χ2v) is 10.6. The lowest BCUT2D eigenvalue weighted by Crippen LogP contribution is -2.41. The number of nitrogens with zero attached hydrogens (tertiary/aromatic N) is 4. The minimum Gasteiger partial charge on any atom is -0.378 e. The van der Waals surface area contributed by atoms with Crippen LogP contribution in [-0.4, -0.2) is 58.7 Å². The summed E-state index contributed by atoms with van der Waals surface area (Å²) in [5.74, 6) is 3.28. The third kappa shape index (κ3) is 4.75. The molecule has 2 N–H and O–H groups in total. The van der Waals surface area contributed by atoms with E-state index in [1.165, 1.54) is 36.2 Å². The highest BCUT2D eigenvalue weighted by molar-refractivity contribution is 8.15. The first-order chi connectivity index (χ1) is 18.3. The molecule has 5 rings (SSSR count). The van der Waals surface area contributed by atoms with Gasteiger partial charge in [-0.05, 0) is 36.6 Å². The molecule has 0 spiro atoms. The predicted octanol–water partition coefficient (Wildman–Crippen LogP) is 3.71. The molecule has 1 saturated heterocycles. The van der Waals surface area contributed by atoms with Gasteiger partial charge in [0.05, 0.1) is 19.8 Å². The fourth-order valence-corrected chi connectivity index (χ4v) is 6.17. The van der Waals surface area contributed by atoms with Crippen LogP contribution in [0.1, 0.15) is 23.2 Å². The van der Waals surface area contributed by atoms with E-state index in [2.05, 4.69) is 26.7 Å². The summed E-state index contributed by atoms with van der Waals surface area (Å²) in [4.78, 5) is 25.7. The molecule has 1 aromatic carbocycles. The lowest BCUT2D eigenvalue weighted by atomic mass is 9.84. The van der Waals surface area contributed by atoms with Gasteiger partial charge in [-0.2, -0.15) is 0 Å². The lowest BCUT2D eigenvalue weighted by Gasteiger charge is -2.34. The lowest BCUT2D eigenvalue weighted by molar-refractivity contribution is -0.130. The molecule has 11 heteroatoms. The zero-order chi connectivity index (χ0) is 26.9. The molecule has 1 aliphatic carbocycles. The van der Waals surface area contributed by atoms with E-state index in [0.29, 0.717) is 38.3 Å².